The maximum absolute atomic E-state index is 12.2. The van der Waals surface area contributed by atoms with E-state index in [0.29, 0.717) is 6.54 Å². The van der Waals surface area contributed by atoms with Crippen LogP contribution in [0.1, 0.15) is 44.9 Å². The summed E-state index contributed by atoms with van der Waals surface area (Å²) in [6.45, 7) is 5.35. The number of fused-ring (bicyclic) bond motifs is 1. The van der Waals surface area contributed by atoms with Crippen LogP contribution in [-0.2, 0) is 19.5 Å². The van der Waals surface area contributed by atoms with E-state index < -0.39 is 0 Å². The fraction of sp³-hybridized carbons (Fsp3) is 0.800. The average Bonchev–Trinajstić information content (AvgIpc) is 2.86. The Hall–Kier alpha value is -1.79. The minimum absolute atomic E-state index is 0.0418. The van der Waals surface area contributed by atoms with Crippen LogP contribution in [0.25, 0.3) is 0 Å². The highest BCUT2D eigenvalue weighted by Crippen LogP contribution is 2.09. The van der Waals surface area contributed by atoms with Crippen LogP contribution in [0.5, 0.6) is 0 Å². The van der Waals surface area contributed by atoms with Crippen molar-refractivity contribution in [2.45, 2.75) is 58.5 Å². The molecule has 1 aliphatic rings. The largest absolute Gasteiger partial charge is 0.356 e. The summed E-state index contributed by atoms with van der Waals surface area (Å²) in [5, 5.41) is 11.0. The van der Waals surface area contributed by atoms with Gasteiger partial charge >= 0.3 is 5.69 Å². The standard InChI is InChI=1S/C15H28N6O/c1-3-4-9-17-14(16-2)18-10-7-12-21-15(22)20-11-6-5-8-13(20)19-21/h3-12H2,1-2H3,(H2,16,17,18). The third-order valence-corrected chi connectivity index (χ3v) is 3.92. The Labute approximate surface area is 131 Å². The lowest BCUT2D eigenvalue weighted by Gasteiger charge is -2.11. The van der Waals surface area contributed by atoms with Crippen molar-refractivity contribution in [3.8, 4) is 0 Å². The molecule has 124 valence electrons. The van der Waals surface area contributed by atoms with E-state index in [4.69, 9.17) is 0 Å². The molecule has 0 bridgehead atoms. The van der Waals surface area contributed by atoms with Gasteiger partial charge in [0.2, 0.25) is 0 Å². The van der Waals surface area contributed by atoms with Gasteiger partial charge < -0.3 is 10.6 Å². The molecule has 0 saturated heterocycles. The summed E-state index contributed by atoms with van der Waals surface area (Å²) < 4.78 is 3.43. The highest BCUT2D eigenvalue weighted by molar-refractivity contribution is 5.79. The van der Waals surface area contributed by atoms with Crippen LogP contribution in [-0.4, -0.2) is 40.4 Å². The topological polar surface area (TPSA) is 76.2 Å². The Balaban J connectivity index is 1.75. The van der Waals surface area contributed by atoms with Crippen LogP contribution < -0.4 is 16.3 Å². The number of nitrogens with zero attached hydrogens (tertiary/aromatic N) is 4. The molecule has 1 aliphatic heterocycles. The van der Waals surface area contributed by atoms with Gasteiger partial charge in [-0.2, -0.15) is 5.10 Å². The number of hydrogen-bond acceptors (Lipinski definition) is 3. The van der Waals surface area contributed by atoms with Gasteiger partial charge in [-0.25, -0.2) is 9.48 Å². The summed E-state index contributed by atoms with van der Waals surface area (Å²) in [5.74, 6) is 1.77. The monoisotopic (exact) mass is 308 g/mol. The fourth-order valence-electron chi connectivity index (χ4n) is 2.63. The maximum Gasteiger partial charge on any atom is 0.345 e. The Kier molecular flexibility index (Phi) is 6.48. The number of aryl methyl sites for hydroxylation is 2. The zero-order valence-electron chi connectivity index (χ0n) is 13.8. The summed E-state index contributed by atoms with van der Waals surface area (Å²) in [6, 6.07) is 0. The quantitative estimate of drug-likeness (QED) is 0.442. The number of guanidine groups is 1. The van der Waals surface area contributed by atoms with Crippen molar-refractivity contribution in [1.29, 1.82) is 0 Å². The third-order valence-electron chi connectivity index (χ3n) is 3.92. The molecule has 2 heterocycles. The van der Waals surface area contributed by atoms with Crippen molar-refractivity contribution in [2.24, 2.45) is 4.99 Å². The number of unbranched alkanes of at least 4 members (excludes halogenated alkanes) is 1. The normalized spacial score (nSPS) is 14.7. The molecule has 1 aromatic heterocycles. The first-order valence-corrected chi connectivity index (χ1v) is 8.37. The molecule has 1 aromatic rings. The molecule has 7 nitrogen and oxygen atoms in total. The Morgan fingerprint density at radius 3 is 2.73 bits per heavy atom. The zero-order valence-corrected chi connectivity index (χ0v) is 13.8. The number of aromatic nitrogens is 3. The Bertz CT molecular complexity index is 545. The van der Waals surface area contributed by atoms with Crippen LogP contribution in [0.3, 0.4) is 0 Å². The van der Waals surface area contributed by atoms with Crippen LogP contribution in [0.4, 0.5) is 0 Å². The minimum Gasteiger partial charge on any atom is -0.356 e. The maximum atomic E-state index is 12.2. The number of aliphatic imine (C=N–C) groups is 1. The van der Waals surface area contributed by atoms with Crippen LogP contribution in [0, 0.1) is 0 Å². The SMILES string of the molecule is CCCCNC(=NC)NCCCn1nc2n(c1=O)CCCC2. The highest BCUT2D eigenvalue weighted by Gasteiger charge is 2.16. The van der Waals surface area contributed by atoms with Gasteiger partial charge in [0, 0.05) is 39.6 Å². The number of nitrogens with one attached hydrogen (secondary N) is 2. The highest BCUT2D eigenvalue weighted by atomic mass is 16.2. The van der Waals surface area contributed by atoms with Gasteiger partial charge in [-0.1, -0.05) is 13.3 Å². The molecule has 0 unspecified atom stereocenters. The summed E-state index contributed by atoms with van der Waals surface area (Å²) >= 11 is 0. The second-order valence-electron chi connectivity index (χ2n) is 5.66. The van der Waals surface area contributed by atoms with E-state index >= 15 is 0 Å². The van der Waals surface area contributed by atoms with Gasteiger partial charge in [0.25, 0.3) is 0 Å². The van der Waals surface area contributed by atoms with E-state index in [1.54, 1.807) is 11.7 Å². The Morgan fingerprint density at radius 1 is 1.27 bits per heavy atom. The first-order chi connectivity index (χ1) is 10.8. The van der Waals surface area contributed by atoms with Gasteiger partial charge in [0.05, 0.1) is 0 Å². The lowest BCUT2D eigenvalue weighted by Crippen LogP contribution is -2.38. The summed E-state index contributed by atoms with van der Waals surface area (Å²) in [5.41, 5.74) is 0.0418. The molecule has 22 heavy (non-hydrogen) atoms. The molecule has 7 heteroatoms. The fourth-order valence-corrected chi connectivity index (χ4v) is 2.63. The van der Waals surface area contributed by atoms with Crippen LogP contribution in [0.15, 0.2) is 9.79 Å². The van der Waals surface area contributed by atoms with E-state index in [-0.39, 0.29) is 5.69 Å². The van der Waals surface area contributed by atoms with Crippen LogP contribution >= 0.6 is 0 Å². The first kappa shape index (κ1) is 16.6. The van der Waals surface area contributed by atoms with E-state index in [0.717, 1.165) is 69.9 Å². The lowest BCUT2D eigenvalue weighted by atomic mass is 10.2. The van der Waals surface area contributed by atoms with Gasteiger partial charge in [-0.15, -0.1) is 0 Å². The van der Waals surface area contributed by atoms with E-state index in [9.17, 15) is 4.79 Å². The van der Waals surface area contributed by atoms with Crippen molar-refractivity contribution in [3.05, 3.63) is 16.3 Å². The molecule has 0 fully saturated rings. The second-order valence-corrected chi connectivity index (χ2v) is 5.66. The van der Waals surface area contributed by atoms with Crippen molar-refractivity contribution >= 4 is 5.96 Å². The smallest absolute Gasteiger partial charge is 0.345 e. The van der Waals surface area contributed by atoms with E-state index in [2.05, 4.69) is 27.6 Å². The van der Waals surface area contributed by atoms with Crippen molar-refractivity contribution in [1.82, 2.24) is 25.0 Å². The predicted octanol–water partition coefficient (Wildman–Crippen LogP) is 0.736. The lowest BCUT2D eigenvalue weighted by molar-refractivity contribution is 0.509. The van der Waals surface area contributed by atoms with Gasteiger partial charge in [0.15, 0.2) is 5.96 Å². The summed E-state index contributed by atoms with van der Waals surface area (Å²) in [4.78, 5) is 16.4. The van der Waals surface area contributed by atoms with Gasteiger partial charge in [-0.3, -0.25) is 9.56 Å². The molecule has 0 spiro atoms. The molecular weight excluding hydrogens is 280 g/mol. The van der Waals surface area contributed by atoms with Gasteiger partial charge in [0.1, 0.15) is 5.82 Å². The first-order valence-electron chi connectivity index (χ1n) is 8.37. The van der Waals surface area contributed by atoms with Crippen molar-refractivity contribution in [3.63, 3.8) is 0 Å². The molecular formula is C15H28N6O. The summed E-state index contributed by atoms with van der Waals surface area (Å²) in [7, 11) is 1.77. The molecule has 0 amide bonds. The van der Waals surface area contributed by atoms with Crippen molar-refractivity contribution < 1.29 is 0 Å². The number of rotatable bonds is 7. The van der Waals surface area contributed by atoms with Crippen molar-refractivity contribution in [2.75, 3.05) is 20.1 Å². The molecule has 0 atom stereocenters. The van der Waals surface area contributed by atoms with Gasteiger partial charge in [-0.05, 0) is 25.7 Å². The summed E-state index contributed by atoms with van der Waals surface area (Å²) in [6.07, 6.45) is 6.30. The molecule has 0 radical (unpaired) electrons. The van der Waals surface area contributed by atoms with E-state index in [1.807, 2.05) is 4.57 Å². The zero-order chi connectivity index (χ0) is 15.8. The van der Waals surface area contributed by atoms with E-state index in [1.165, 1.54) is 0 Å². The Morgan fingerprint density at radius 2 is 2.05 bits per heavy atom. The molecule has 0 aromatic carbocycles. The molecule has 0 aliphatic carbocycles. The number of hydrogen-bond donors (Lipinski definition) is 2. The minimum atomic E-state index is 0.0418. The second kappa shape index (κ2) is 8.60. The molecule has 2 rings (SSSR count). The average molecular weight is 308 g/mol. The predicted molar refractivity (Wildman–Crippen MR) is 88.3 cm³/mol. The molecule has 2 N–H and O–H groups in total. The third kappa shape index (κ3) is 4.35. The molecule has 0 saturated carbocycles. The van der Waals surface area contributed by atoms with Crippen LogP contribution in [0.2, 0.25) is 0 Å².